The third-order valence-electron chi connectivity index (χ3n) is 4.46. The molecule has 0 atom stereocenters. The first kappa shape index (κ1) is 13.1. The number of aliphatic hydroxyl groups is 1. The predicted molar refractivity (Wildman–Crippen MR) is 76.7 cm³/mol. The second-order valence-electron chi connectivity index (χ2n) is 5.87. The zero-order valence-corrected chi connectivity index (χ0v) is 12.0. The summed E-state index contributed by atoms with van der Waals surface area (Å²) in [5.41, 5.74) is 1.04. The summed E-state index contributed by atoms with van der Waals surface area (Å²) in [6, 6.07) is 2.07. The van der Waals surface area contributed by atoms with Crippen LogP contribution < -0.4 is 5.32 Å². The number of carbonyl (C=O) groups is 1. The average Bonchev–Trinajstić information content (AvgIpc) is 2.65. The molecule has 1 heterocycles. The predicted octanol–water partition coefficient (Wildman–Crippen LogP) is 2.66. The minimum atomic E-state index is -0.335. The molecule has 2 N–H and O–H groups in total. The Labute approximate surface area is 118 Å². The van der Waals surface area contributed by atoms with Crippen LogP contribution in [0.15, 0.2) is 6.07 Å². The number of amides is 1. The van der Waals surface area contributed by atoms with Gasteiger partial charge in [-0.2, -0.15) is 0 Å². The molecule has 1 saturated carbocycles. The maximum Gasteiger partial charge on any atom is 0.261 e. The topological polar surface area (TPSA) is 49.3 Å². The van der Waals surface area contributed by atoms with Crippen molar-refractivity contribution in [3.05, 3.63) is 21.4 Å². The first-order valence-electron chi connectivity index (χ1n) is 7.27. The molecule has 0 saturated heterocycles. The Balaban J connectivity index is 1.73. The number of rotatable bonds is 3. The molecule has 1 aromatic rings. The molecule has 0 aliphatic heterocycles. The summed E-state index contributed by atoms with van der Waals surface area (Å²) in [6.07, 6.45) is 8.93. The number of hydrogen-bond donors (Lipinski definition) is 2. The first-order chi connectivity index (χ1) is 9.22. The second kappa shape index (κ2) is 5.25. The lowest BCUT2D eigenvalue weighted by Crippen LogP contribution is -2.56. The van der Waals surface area contributed by atoms with E-state index in [1.807, 2.05) is 0 Å². The van der Waals surface area contributed by atoms with Crippen LogP contribution in [0.25, 0.3) is 0 Å². The van der Waals surface area contributed by atoms with E-state index in [1.165, 1.54) is 29.7 Å². The van der Waals surface area contributed by atoms with Crippen molar-refractivity contribution in [3.8, 4) is 0 Å². The van der Waals surface area contributed by atoms with Crippen molar-refractivity contribution in [2.75, 3.05) is 6.61 Å². The zero-order valence-electron chi connectivity index (χ0n) is 11.2. The number of carbonyl (C=O) groups excluding carboxylic acids is 1. The van der Waals surface area contributed by atoms with Gasteiger partial charge in [-0.15, -0.1) is 11.3 Å². The number of aryl methyl sites for hydroxylation is 2. The van der Waals surface area contributed by atoms with Crippen LogP contribution in [-0.4, -0.2) is 23.2 Å². The molecule has 1 fully saturated rings. The molecule has 3 rings (SSSR count). The summed E-state index contributed by atoms with van der Waals surface area (Å²) in [7, 11) is 0. The summed E-state index contributed by atoms with van der Waals surface area (Å²) in [4.78, 5) is 14.5. The highest BCUT2D eigenvalue weighted by Crippen LogP contribution is 2.33. The molecule has 2 aliphatic rings. The smallest absolute Gasteiger partial charge is 0.261 e. The molecule has 0 unspecified atom stereocenters. The third-order valence-corrected chi connectivity index (χ3v) is 5.70. The molecule has 0 spiro atoms. The maximum atomic E-state index is 12.3. The second-order valence-corrected chi connectivity index (χ2v) is 7.00. The van der Waals surface area contributed by atoms with E-state index in [1.54, 1.807) is 11.3 Å². The van der Waals surface area contributed by atoms with Crippen LogP contribution in [0, 0.1) is 0 Å². The molecule has 0 radical (unpaired) electrons. The molecule has 104 valence electrons. The van der Waals surface area contributed by atoms with Crippen molar-refractivity contribution < 1.29 is 9.90 Å². The zero-order chi connectivity index (χ0) is 13.3. The van der Waals surface area contributed by atoms with Gasteiger partial charge < -0.3 is 10.4 Å². The van der Waals surface area contributed by atoms with Gasteiger partial charge in [-0.05, 0) is 56.6 Å². The molecule has 0 bridgehead atoms. The van der Waals surface area contributed by atoms with Gasteiger partial charge in [0.2, 0.25) is 0 Å². The summed E-state index contributed by atoms with van der Waals surface area (Å²) < 4.78 is 0. The van der Waals surface area contributed by atoms with Gasteiger partial charge in [0.05, 0.1) is 17.0 Å². The van der Waals surface area contributed by atoms with E-state index >= 15 is 0 Å². The number of aliphatic hydroxyl groups excluding tert-OH is 1. The van der Waals surface area contributed by atoms with Crippen molar-refractivity contribution in [2.24, 2.45) is 0 Å². The van der Waals surface area contributed by atoms with Crippen molar-refractivity contribution in [1.29, 1.82) is 0 Å². The summed E-state index contributed by atoms with van der Waals surface area (Å²) in [6.45, 7) is 0.0594. The van der Waals surface area contributed by atoms with Gasteiger partial charge in [0.15, 0.2) is 0 Å². The number of fused-ring (bicyclic) bond motifs is 1. The molecule has 4 heteroatoms. The molecular formula is C15H21NO2S. The van der Waals surface area contributed by atoms with Crippen molar-refractivity contribution in [3.63, 3.8) is 0 Å². The summed E-state index contributed by atoms with van der Waals surface area (Å²) in [5, 5.41) is 12.5. The van der Waals surface area contributed by atoms with Crippen LogP contribution >= 0.6 is 11.3 Å². The highest BCUT2D eigenvalue weighted by Gasteiger charge is 2.38. The lowest BCUT2D eigenvalue weighted by Gasteiger charge is -2.40. The molecule has 1 amide bonds. The van der Waals surface area contributed by atoms with Crippen LogP contribution in [0.5, 0.6) is 0 Å². The number of thiophene rings is 1. The van der Waals surface area contributed by atoms with Gasteiger partial charge in [-0.3, -0.25) is 4.79 Å². The van der Waals surface area contributed by atoms with Crippen LogP contribution in [0.4, 0.5) is 0 Å². The van der Waals surface area contributed by atoms with E-state index in [0.29, 0.717) is 0 Å². The van der Waals surface area contributed by atoms with E-state index in [-0.39, 0.29) is 18.1 Å². The van der Waals surface area contributed by atoms with Crippen molar-refractivity contribution in [1.82, 2.24) is 5.32 Å². The van der Waals surface area contributed by atoms with Gasteiger partial charge in [0.25, 0.3) is 5.91 Å². The minimum Gasteiger partial charge on any atom is -0.394 e. The van der Waals surface area contributed by atoms with Crippen LogP contribution in [0.3, 0.4) is 0 Å². The van der Waals surface area contributed by atoms with E-state index in [0.717, 1.165) is 37.0 Å². The maximum absolute atomic E-state index is 12.3. The van der Waals surface area contributed by atoms with E-state index in [4.69, 9.17) is 0 Å². The molecule has 3 nitrogen and oxygen atoms in total. The quantitative estimate of drug-likeness (QED) is 0.836. The van der Waals surface area contributed by atoms with Gasteiger partial charge in [-0.1, -0.05) is 6.42 Å². The lowest BCUT2D eigenvalue weighted by molar-refractivity contribution is 0.0645. The fourth-order valence-corrected chi connectivity index (χ4v) is 4.16. The normalized spacial score (nSPS) is 21.1. The minimum absolute atomic E-state index is 0.00632. The van der Waals surface area contributed by atoms with Crippen LogP contribution in [0.2, 0.25) is 0 Å². The van der Waals surface area contributed by atoms with Gasteiger partial charge >= 0.3 is 0 Å². The lowest BCUT2D eigenvalue weighted by atomic mass is 9.77. The van der Waals surface area contributed by atoms with Gasteiger partial charge in [-0.25, -0.2) is 0 Å². The highest BCUT2D eigenvalue weighted by atomic mass is 32.1. The highest BCUT2D eigenvalue weighted by molar-refractivity contribution is 7.14. The van der Waals surface area contributed by atoms with Crippen molar-refractivity contribution in [2.45, 2.75) is 56.9 Å². The monoisotopic (exact) mass is 279 g/mol. The van der Waals surface area contributed by atoms with Crippen LogP contribution in [-0.2, 0) is 12.8 Å². The Morgan fingerprint density at radius 3 is 2.74 bits per heavy atom. The fourth-order valence-electron chi connectivity index (χ4n) is 3.01. The molecule has 1 aromatic heterocycles. The Kier molecular flexibility index (Phi) is 3.63. The number of nitrogens with one attached hydrogen (secondary N) is 1. The van der Waals surface area contributed by atoms with Gasteiger partial charge in [0.1, 0.15) is 0 Å². The average molecular weight is 279 g/mol. The van der Waals surface area contributed by atoms with E-state index < -0.39 is 0 Å². The SMILES string of the molecule is O=C(NC1(CO)CCC1)c1cc2c(s1)CCCCC2. The molecule has 0 aromatic carbocycles. The Bertz CT molecular complexity index is 447. The Morgan fingerprint density at radius 2 is 2.05 bits per heavy atom. The first-order valence-corrected chi connectivity index (χ1v) is 8.09. The van der Waals surface area contributed by atoms with Crippen molar-refractivity contribution >= 4 is 17.2 Å². The Hall–Kier alpha value is -0.870. The van der Waals surface area contributed by atoms with E-state index in [2.05, 4.69) is 11.4 Å². The molecule has 2 aliphatic carbocycles. The Morgan fingerprint density at radius 1 is 1.26 bits per heavy atom. The van der Waals surface area contributed by atoms with Crippen LogP contribution in [0.1, 0.15) is 58.6 Å². The largest absolute Gasteiger partial charge is 0.394 e. The molecule has 19 heavy (non-hydrogen) atoms. The molecular weight excluding hydrogens is 258 g/mol. The van der Waals surface area contributed by atoms with E-state index in [9.17, 15) is 9.90 Å². The third kappa shape index (κ3) is 2.56. The van der Waals surface area contributed by atoms with Gasteiger partial charge in [0, 0.05) is 4.88 Å². The summed E-state index contributed by atoms with van der Waals surface area (Å²) in [5.74, 6) is 0.00632. The summed E-state index contributed by atoms with van der Waals surface area (Å²) >= 11 is 1.65. The standard InChI is InChI=1S/C15H21NO2S/c17-10-15(7-4-8-15)16-14(18)13-9-11-5-2-1-3-6-12(11)19-13/h9,17H,1-8,10H2,(H,16,18). The fraction of sp³-hybridized carbons (Fsp3) is 0.667. The number of hydrogen-bond acceptors (Lipinski definition) is 3.